The topological polar surface area (TPSA) is 12.5 Å². The molecule has 2 heterocycles. The predicted octanol–water partition coefficient (Wildman–Crippen LogP) is 4.74. The van der Waals surface area contributed by atoms with Crippen molar-refractivity contribution in [1.82, 2.24) is 4.90 Å². The number of alkyl halides is 2. The Balaban J connectivity index is 1.72. The first kappa shape index (κ1) is 16.8. The van der Waals surface area contributed by atoms with Crippen LogP contribution in [0.5, 0.6) is 0 Å². The van der Waals surface area contributed by atoms with E-state index >= 15 is 0 Å². The monoisotopic (exact) mass is 371 g/mol. The SMILES string of the molecule is FC(F)Sc1ccc(-c2ccc(C(=S)N3CCOCC3)s2)cc1. The Morgan fingerprint density at radius 2 is 1.83 bits per heavy atom. The smallest absolute Gasteiger partial charge is 0.288 e. The number of morpholine rings is 1. The minimum atomic E-state index is -2.39. The number of ether oxygens (including phenoxy) is 1. The number of thioether (sulfide) groups is 1. The van der Waals surface area contributed by atoms with E-state index in [-0.39, 0.29) is 0 Å². The van der Waals surface area contributed by atoms with Crippen molar-refractivity contribution in [2.75, 3.05) is 26.3 Å². The van der Waals surface area contributed by atoms with Crippen LogP contribution in [0.3, 0.4) is 0 Å². The van der Waals surface area contributed by atoms with Crippen molar-refractivity contribution in [1.29, 1.82) is 0 Å². The summed E-state index contributed by atoms with van der Waals surface area (Å²) in [5.74, 6) is -2.39. The van der Waals surface area contributed by atoms with Gasteiger partial charge in [0.25, 0.3) is 5.76 Å². The third-order valence-corrected chi connectivity index (χ3v) is 5.95. The Hall–Kier alpha value is -1.02. The molecule has 2 aromatic rings. The summed E-state index contributed by atoms with van der Waals surface area (Å²) in [5, 5.41) is 0. The predicted molar refractivity (Wildman–Crippen MR) is 95.7 cm³/mol. The van der Waals surface area contributed by atoms with E-state index in [2.05, 4.69) is 4.90 Å². The van der Waals surface area contributed by atoms with Gasteiger partial charge in [-0.25, -0.2) is 0 Å². The molecule has 23 heavy (non-hydrogen) atoms. The van der Waals surface area contributed by atoms with Crippen LogP contribution < -0.4 is 0 Å². The molecule has 0 bridgehead atoms. The molecule has 122 valence electrons. The summed E-state index contributed by atoms with van der Waals surface area (Å²) in [6.07, 6.45) is 0. The first-order chi connectivity index (χ1) is 11.1. The van der Waals surface area contributed by atoms with Gasteiger partial charge in [0, 0.05) is 22.9 Å². The number of nitrogens with zero attached hydrogens (tertiary/aromatic N) is 1. The molecule has 0 spiro atoms. The molecule has 1 fully saturated rings. The highest BCUT2D eigenvalue weighted by Crippen LogP contribution is 2.32. The quantitative estimate of drug-likeness (QED) is 0.568. The Kier molecular flexibility index (Phi) is 5.63. The lowest BCUT2D eigenvalue weighted by Gasteiger charge is -2.28. The average molecular weight is 371 g/mol. The van der Waals surface area contributed by atoms with E-state index in [1.54, 1.807) is 23.5 Å². The lowest BCUT2D eigenvalue weighted by atomic mass is 10.2. The Morgan fingerprint density at radius 3 is 2.48 bits per heavy atom. The Bertz CT molecular complexity index is 666. The van der Waals surface area contributed by atoms with Crippen LogP contribution >= 0.6 is 35.3 Å². The second-order valence-electron chi connectivity index (χ2n) is 4.97. The van der Waals surface area contributed by atoms with Crippen LogP contribution in [-0.4, -0.2) is 41.9 Å². The van der Waals surface area contributed by atoms with Gasteiger partial charge in [0.15, 0.2) is 0 Å². The molecule has 0 amide bonds. The molecule has 3 rings (SSSR count). The van der Waals surface area contributed by atoms with E-state index in [9.17, 15) is 8.78 Å². The number of halogens is 2. The van der Waals surface area contributed by atoms with E-state index in [1.807, 2.05) is 24.3 Å². The largest absolute Gasteiger partial charge is 0.378 e. The summed E-state index contributed by atoms with van der Waals surface area (Å²) < 4.78 is 30.0. The van der Waals surface area contributed by atoms with Crippen molar-refractivity contribution in [2.45, 2.75) is 10.7 Å². The molecule has 1 aliphatic rings. The highest BCUT2D eigenvalue weighted by Gasteiger charge is 2.17. The molecule has 7 heteroatoms. The zero-order valence-electron chi connectivity index (χ0n) is 12.2. The molecule has 0 aliphatic carbocycles. The van der Waals surface area contributed by atoms with Crippen molar-refractivity contribution in [2.24, 2.45) is 0 Å². The Morgan fingerprint density at radius 1 is 1.13 bits per heavy atom. The van der Waals surface area contributed by atoms with E-state index < -0.39 is 5.76 Å². The molecule has 1 aromatic carbocycles. The second kappa shape index (κ2) is 7.70. The lowest BCUT2D eigenvalue weighted by molar-refractivity contribution is 0.0693. The maximum Gasteiger partial charge on any atom is 0.288 e. The summed E-state index contributed by atoms with van der Waals surface area (Å²) in [6.45, 7) is 3.07. The molecule has 0 unspecified atom stereocenters. The van der Waals surface area contributed by atoms with Crippen molar-refractivity contribution < 1.29 is 13.5 Å². The minimum Gasteiger partial charge on any atom is -0.378 e. The molecule has 0 saturated carbocycles. The standard InChI is InChI=1S/C16H15F2NOS3/c17-16(18)22-12-3-1-11(2-4-12)13-5-6-14(23-13)15(21)19-7-9-20-10-8-19/h1-6,16H,7-10H2. The summed E-state index contributed by atoms with van der Waals surface area (Å²) in [7, 11) is 0. The van der Waals surface area contributed by atoms with Gasteiger partial charge >= 0.3 is 0 Å². The summed E-state index contributed by atoms with van der Waals surface area (Å²) in [6, 6.07) is 11.3. The number of benzene rings is 1. The Labute approximate surface area is 147 Å². The molecule has 2 nitrogen and oxygen atoms in total. The van der Waals surface area contributed by atoms with E-state index in [0.29, 0.717) is 29.9 Å². The fourth-order valence-electron chi connectivity index (χ4n) is 2.33. The maximum atomic E-state index is 12.4. The van der Waals surface area contributed by atoms with Gasteiger partial charge in [0.2, 0.25) is 0 Å². The molecule has 0 atom stereocenters. The van der Waals surface area contributed by atoms with Gasteiger partial charge in [0.05, 0.1) is 18.1 Å². The number of rotatable bonds is 4. The zero-order chi connectivity index (χ0) is 16.2. The van der Waals surface area contributed by atoms with Crippen molar-refractivity contribution >= 4 is 40.3 Å². The maximum absolute atomic E-state index is 12.4. The summed E-state index contributed by atoms with van der Waals surface area (Å²) >= 11 is 7.76. The van der Waals surface area contributed by atoms with E-state index in [0.717, 1.165) is 33.4 Å². The minimum absolute atomic E-state index is 0.562. The zero-order valence-corrected chi connectivity index (χ0v) is 14.7. The number of hydrogen-bond donors (Lipinski definition) is 0. The van der Waals surface area contributed by atoms with Crippen LogP contribution in [0.2, 0.25) is 0 Å². The van der Waals surface area contributed by atoms with Crippen LogP contribution in [0.1, 0.15) is 4.88 Å². The third-order valence-electron chi connectivity index (χ3n) is 3.48. The van der Waals surface area contributed by atoms with Crippen molar-refractivity contribution in [3.05, 3.63) is 41.3 Å². The number of thiocarbonyl (C=S) groups is 1. The van der Waals surface area contributed by atoms with Crippen LogP contribution in [0.15, 0.2) is 41.3 Å². The molecular weight excluding hydrogens is 356 g/mol. The van der Waals surface area contributed by atoms with Crippen molar-refractivity contribution in [3.63, 3.8) is 0 Å². The fourth-order valence-corrected chi connectivity index (χ4v) is 4.18. The van der Waals surface area contributed by atoms with Gasteiger partial charge in [-0.1, -0.05) is 36.1 Å². The molecule has 0 radical (unpaired) electrons. The molecule has 0 N–H and O–H groups in total. The molecular formula is C16H15F2NOS3. The van der Waals surface area contributed by atoms with E-state index in [1.165, 1.54) is 0 Å². The van der Waals surface area contributed by atoms with Gasteiger partial charge in [-0.05, 0) is 29.8 Å². The molecule has 1 aliphatic heterocycles. The highest BCUT2D eigenvalue weighted by molar-refractivity contribution is 7.99. The van der Waals surface area contributed by atoms with Crippen LogP contribution in [0, 0.1) is 0 Å². The first-order valence-corrected chi connectivity index (χ1v) is 9.26. The molecule has 1 aromatic heterocycles. The van der Waals surface area contributed by atoms with Gasteiger partial charge < -0.3 is 9.64 Å². The van der Waals surface area contributed by atoms with Gasteiger partial charge in [-0.3, -0.25) is 0 Å². The molecule has 1 saturated heterocycles. The van der Waals surface area contributed by atoms with Crippen LogP contribution in [0.25, 0.3) is 10.4 Å². The number of thiophene rings is 1. The third kappa shape index (κ3) is 4.29. The lowest BCUT2D eigenvalue weighted by Crippen LogP contribution is -2.39. The summed E-state index contributed by atoms with van der Waals surface area (Å²) in [4.78, 5) is 5.74. The second-order valence-corrected chi connectivity index (χ2v) is 7.51. The number of hydrogen-bond acceptors (Lipinski definition) is 4. The van der Waals surface area contributed by atoms with Gasteiger partial charge in [0.1, 0.15) is 4.99 Å². The van der Waals surface area contributed by atoms with Crippen LogP contribution in [0.4, 0.5) is 8.78 Å². The fraction of sp³-hybridized carbons (Fsp3) is 0.312. The average Bonchev–Trinajstić information content (AvgIpc) is 3.05. The van der Waals surface area contributed by atoms with Gasteiger partial charge in [-0.2, -0.15) is 8.78 Å². The first-order valence-electron chi connectivity index (χ1n) is 7.15. The van der Waals surface area contributed by atoms with Crippen LogP contribution in [-0.2, 0) is 4.74 Å². The summed E-state index contributed by atoms with van der Waals surface area (Å²) in [5.41, 5.74) is 1.02. The highest BCUT2D eigenvalue weighted by atomic mass is 32.2. The van der Waals surface area contributed by atoms with Crippen molar-refractivity contribution in [3.8, 4) is 10.4 Å². The van der Waals surface area contributed by atoms with Gasteiger partial charge in [-0.15, -0.1) is 11.3 Å². The van der Waals surface area contributed by atoms with E-state index in [4.69, 9.17) is 17.0 Å². The normalized spacial score (nSPS) is 15.2.